The van der Waals surface area contributed by atoms with E-state index in [-0.39, 0.29) is 24.9 Å². The summed E-state index contributed by atoms with van der Waals surface area (Å²) in [5.74, 6) is -0.976. The molecule has 0 aromatic heterocycles. The standard InChI is InChI=1S/C19H20ClNO3/c1-2-24-19(23)18(16-11-7-4-8-12-16)21(17(22)13-20)14-15-9-5-3-6-10-15/h3-12,18H,2,13-14H2,1H3/t18-/m0/s1. The third kappa shape index (κ3) is 4.59. The van der Waals surface area contributed by atoms with Gasteiger partial charge in [0, 0.05) is 6.54 Å². The maximum atomic E-state index is 12.5. The number of alkyl halides is 1. The van der Waals surface area contributed by atoms with Crippen LogP contribution in [0.25, 0.3) is 0 Å². The van der Waals surface area contributed by atoms with Crippen LogP contribution in [0.4, 0.5) is 0 Å². The minimum atomic E-state index is -0.822. The van der Waals surface area contributed by atoms with Crippen molar-refractivity contribution in [1.29, 1.82) is 0 Å². The third-order valence-electron chi connectivity index (χ3n) is 3.57. The molecule has 0 bridgehead atoms. The topological polar surface area (TPSA) is 46.6 Å². The molecule has 1 amide bonds. The van der Waals surface area contributed by atoms with Crippen LogP contribution >= 0.6 is 11.6 Å². The fourth-order valence-corrected chi connectivity index (χ4v) is 2.63. The number of carbonyl (C=O) groups is 2. The number of ether oxygens (including phenoxy) is 1. The summed E-state index contributed by atoms with van der Waals surface area (Å²) in [6.07, 6.45) is 0. The lowest BCUT2D eigenvalue weighted by atomic mass is 10.0. The molecule has 1 atom stereocenters. The summed E-state index contributed by atoms with van der Waals surface area (Å²) in [6, 6.07) is 17.8. The van der Waals surface area contributed by atoms with Gasteiger partial charge < -0.3 is 9.64 Å². The molecular weight excluding hydrogens is 326 g/mol. The highest BCUT2D eigenvalue weighted by Crippen LogP contribution is 2.25. The molecule has 0 N–H and O–H groups in total. The van der Waals surface area contributed by atoms with Crippen molar-refractivity contribution < 1.29 is 14.3 Å². The van der Waals surface area contributed by atoms with E-state index in [0.29, 0.717) is 5.56 Å². The van der Waals surface area contributed by atoms with Gasteiger partial charge in [-0.2, -0.15) is 0 Å². The van der Waals surface area contributed by atoms with E-state index in [4.69, 9.17) is 16.3 Å². The number of amides is 1. The van der Waals surface area contributed by atoms with Crippen molar-refractivity contribution in [2.45, 2.75) is 19.5 Å². The van der Waals surface area contributed by atoms with Crippen LogP contribution in [0, 0.1) is 0 Å². The zero-order valence-electron chi connectivity index (χ0n) is 13.5. The highest BCUT2D eigenvalue weighted by molar-refractivity contribution is 6.27. The highest BCUT2D eigenvalue weighted by atomic mass is 35.5. The number of rotatable bonds is 7. The van der Waals surface area contributed by atoms with Gasteiger partial charge in [-0.05, 0) is 18.1 Å². The first kappa shape index (κ1) is 18.0. The summed E-state index contributed by atoms with van der Waals surface area (Å²) in [5.41, 5.74) is 1.62. The Morgan fingerprint density at radius 1 is 1.04 bits per heavy atom. The van der Waals surface area contributed by atoms with E-state index in [2.05, 4.69) is 0 Å². The first-order chi connectivity index (χ1) is 11.7. The Morgan fingerprint density at radius 2 is 1.62 bits per heavy atom. The minimum absolute atomic E-state index is 0.199. The van der Waals surface area contributed by atoms with Gasteiger partial charge in [0.05, 0.1) is 6.61 Å². The Hall–Kier alpha value is -2.33. The van der Waals surface area contributed by atoms with Crippen LogP contribution in [0.15, 0.2) is 60.7 Å². The van der Waals surface area contributed by atoms with Gasteiger partial charge in [0.2, 0.25) is 5.91 Å². The summed E-state index contributed by atoms with van der Waals surface area (Å²) in [7, 11) is 0. The molecule has 2 rings (SSSR count). The van der Waals surface area contributed by atoms with Crippen LogP contribution in [-0.2, 0) is 20.9 Å². The summed E-state index contributed by atoms with van der Waals surface area (Å²) >= 11 is 5.78. The smallest absolute Gasteiger partial charge is 0.333 e. The zero-order chi connectivity index (χ0) is 17.4. The van der Waals surface area contributed by atoms with Crippen molar-refractivity contribution >= 4 is 23.5 Å². The lowest BCUT2D eigenvalue weighted by Gasteiger charge is -2.30. The fourth-order valence-electron chi connectivity index (χ4n) is 2.48. The Balaban J connectivity index is 2.40. The highest BCUT2D eigenvalue weighted by Gasteiger charge is 2.32. The number of nitrogens with zero attached hydrogens (tertiary/aromatic N) is 1. The van der Waals surface area contributed by atoms with E-state index < -0.39 is 12.0 Å². The largest absolute Gasteiger partial charge is 0.464 e. The summed E-state index contributed by atoms with van der Waals surface area (Å²) < 4.78 is 5.20. The zero-order valence-corrected chi connectivity index (χ0v) is 14.3. The molecule has 0 unspecified atom stereocenters. The van der Waals surface area contributed by atoms with Gasteiger partial charge >= 0.3 is 5.97 Å². The number of benzene rings is 2. The van der Waals surface area contributed by atoms with Gasteiger partial charge in [-0.1, -0.05) is 60.7 Å². The Kier molecular flexibility index (Phi) is 6.82. The maximum Gasteiger partial charge on any atom is 0.333 e. The molecule has 0 saturated carbocycles. The number of hydrogen-bond donors (Lipinski definition) is 0. The van der Waals surface area contributed by atoms with E-state index in [0.717, 1.165) is 5.56 Å². The van der Waals surface area contributed by atoms with Crippen LogP contribution in [0.1, 0.15) is 24.1 Å². The summed E-state index contributed by atoms with van der Waals surface area (Å²) in [6.45, 7) is 2.27. The molecule has 0 aliphatic heterocycles. The molecular formula is C19H20ClNO3. The second-order valence-electron chi connectivity index (χ2n) is 5.21. The molecule has 0 aliphatic carbocycles. The molecule has 0 radical (unpaired) electrons. The van der Waals surface area contributed by atoms with E-state index in [1.54, 1.807) is 19.1 Å². The van der Waals surface area contributed by atoms with Crippen LogP contribution in [0.3, 0.4) is 0 Å². The molecule has 126 valence electrons. The number of carbonyl (C=O) groups excluding carboxylic acids is 2. The summed E-state index contributed by atoms with van der Waals surface area (Å²) in [5, 5.41) is 0. The fraction of sp³-hybridized carbons (Fsp3) is 0.263. The van der Waals surface area contributed by atoms with Crippen LogP contribution < -0.4 is 0 Å². The van der Waals surface area contributed by atoms with E-state index in [9.17, 15) is 9.59 Å². The van der Waals surface area contributed by atoms with Crippen LogP contribution in [0.5, 0.6) is 0 Å². The van der Waals surface area contributed by atoms with E-state index in [1.165, 1.54) is 4.90 Å². The maximum absolute atomic E-state index is 12.5. The second-order valence-corrected chi connectivity index (χ2v) is 5.47. The predicted molar refractivity (Wildman–Crippen MR) is 93.5 cm³/mol. The molecule has 0 spiro atoms. The predicted octanol–water partition coefficient (Wildman–Crippen LogP) is 3.56. The van der Waals surface area contributed by atoms with Gasteiger partial charge in [0.15, 0.2) is 6.04 Å². The second kappa shape index (κ2) is 9.08. The van der Waals surface area contributed by atoms with Crippen molar-refractivity contribution in [2.75, 3.05) is 12.5 Å². The average molecular weight is 346 g/mol. The lowest BCUT2D eigenvalue weighted by molar-refractivity contribution is -0.155. The normalized spacial score (nSPS) is 11.6. The molecule has 0 fully saturated rings. The first-order valence-electron chi connectivity index (χ1n) is 7.78. The molecule has 24 heavy (non-hydrogen) atoms. The molecule has 0 heterocycles. The van der Waals surface area contributed by atoms with Crippen molar-refractivity contribution in [3.63, 3.8) is 0 Å². The van der Waals surface area contributed by atoms with E-state index >= 15 is 0 Å². The monoisotopic (exact) mass is 345 g/mol. The molecule has 0 saturated heterocycles. The van der Waals surface area contributed by atoms with Gasteiger partial charge in [-0.15, -0.1) is 11.6 Å². The van der Waals surface area contributed by atoms with Crippen molar-refractivity contribution in [2.24, 2.45) is 0 Å². The first-order valence-corrected chi connectivity index (χ1v) is 8.31. The van der Waals surface area contributed by atoms with Crippen LogP contribution in [0.2, 0.25) is 0 Å². The lowest BCUT2D eigenvalue weighted by Crippen LogP contribution is -2.40. The van der Waals surface area contributed by atoms with Gasteiger partial charge in [0.25, 0.3) is 0 Å². The minimum Gasteiger partial charge on any atom is -0.464 e. The number of hydrogen-bond acceptors (Lipinski definition) is 3. The quantitative estimate of drug-likeness (QED) is 0.569. The SMILES string of the molecule is CCOC(=O)[C@H](c1ccccc1)N(Cc1ccccc1)C(=O)CCl. The van der Waals surface area contributed by atoms with E-state index in [1.807, 2.05) is 48.5 Å². The van der Waals surface area contributed by atoms with Crippen molar-refractivity contribution in [1.82, 2.24) is 4.90 Å². The molecule has 2 aromatic rings. The Bertz CT molecular complexity index is 661. The Labute approximate surface area is 147 Å². The third-order valence-corrected chi connectivity index (χ3v) is 3.80. The average Bonchev–Trinajstić information content (AvgIpc) is 2.62. The summed E-state index contributed by atoms with van der Waals surface area (Å²) in [4.78, 5) is 26.4. The molecule has 0 aliphatic rings. The van der Waals surface area contributed by atoms with Gasteiger partial charge in [-0.25, -0.2) is 4.79 Å². The van der Waals surface area contributed by atoms with Crippen LogP contribution in [-0.4, -0.2) is 29.3 Å². The van der Waals surface area contributed by atoms with Crippen molar-refractivity contribution in [3.05, 3.63) is 71.8 Å². The van der Waals surface area contributed by atoms with Gasteiger partial charge in [-0.3, -0.25) is 4.79 Å². The van der Waals surface area contributed by atoms with Gasteiger partial charge in [0.1, 0.15) is 5.88 Å². The molecule has 4 nitrogen and oxygen atoms in total. The number of halogens is 1. The Morgan fingerprint density at radius 3 is 2.17 bits per heavy atom. The number of esters is 1. The van der Waals surface area contributed by atoms with Crippen molar-refractivity contribution in [3.8, 4) is 0 Å². The molecule has 2 aromatic carbocycles. The molecule has 5 heteroatoms.